The van der Waals surface area contributed by atoms with E-state index in [1.54, 1.807) is 24.3 Å². The molecule has 3 aromatic carbocycles. The fourth-order valence-electron chi connectivity index (χ4n) is 2.47. The first-order valence-corrected chi connectivity index (χ1v) is 6.78. The standard InChI is InChI=1S/C19H15O2/c20-17-10-6-15(7-11-17)19(14-4-2-1-3-5-14)16-8-12-18(21)13-9-16/h1-4,6-13,19-21H. The molecule has 0 aliphatic rings. The lowest BCUT2D eigenvalue weighted by Gasteiger charge is -2.18. The van der Waals surface area contributed by atoms with E-state index in [2.05, 4.69) is 6.07 Å². The molecule has 0 aromatic heterocycles. The Morgan fingerprint density at radius 1 is 0.667 bits per heavy atom. The van der Waals surface area contributed by atoms with Gasteiger partial charge in [-0.05, 0) is 47.0 Å². The van der Waals surface area contributed by atoms with Gasteiger partial charge in [0.15, 0.2) is 0 Å². The molecule has 0 atom stereocenters. The summed E-state index contributed by atoms with van der Waals surface area (Å²) < 4.78 is 0. The third kappa shape index (κ3) is 2.90. The van der Waals surface area contributed by atoms with Gasteiger partial charge in [-0.1, -0.05) is 48.5 Å². The molecule has 0 aliphatic carbocycles. The van der Waals surface area contributed by atoms with Crippen molar-refractivity contribution in [1.82, 2.24) is 0 Å². The Labute approximate surface area is 123 Å². The van der Waals surface area contributed by atoms with Crippen molar-refractivity contribution in [2.45, 2.75) is 5.92 Å². The van der Waals surface area contributed by atoms with E-state index in [1.165, 1.54) is 0 Å². The summed E-state index contributed by atoms with van der Waals surface area (Å²) in [5.41, 5.74) is 3.19. The van der Waals surface area contributed by atoms with Crippen molar-refractivity contribution in [3.8, 4) is 11.5 Å². The van der Waals surface area contributed by atoms with Gasteiger partial charge in [-0.15, -0.1) is 0 Å². The van der Waals surface area contributed by atoms with E-state index in [-0.39, 0.29) is 17.4 Å². The molecule has 0 unspecified atom stereocenters. The fraction of sp³-hybridized carbons (Fsp3) is 0.0526. The third-order valence-corrected chi connectivity index (χ3v) is 3.50. The second-order valence-electron chi connectivity index (χ2n) is 4.93. The van der Waals surface area contributed by atoms with Crippen molar-refractivity contribution in [3.05, 3.63) is 95.6 Å². The zero-order valence-electron chi connectivity index (χ0n) is 11.4. The van der Waals surface area contributed by atoms with Crippen LogP contribution >= 0.6 is 0 Å². The number of phenols is 2. The van der Waals surface area contributed by atoms with Crippen LogP contribution in [0.2, 0.25) is 0 Å². The normalized spacial score (nSPS) is 10.7. The highest BCUT2D eigenvalue weighted by Gasteiger charge is 2.16. The molecule has 0 saturated carbocycles. The summed E-state index contributed by atoms with van der Waals surface area (Å²) in [5.74, 6) is 0.521. The van der Waals surface area contributed by atoms with Gasteiger partial charge in [-0.2, -0.15) is 0 Å². The van der Waals surface area contributed by atoms with Crippen LogP contribution in [0.5, 0.6) is 11.5 Å². The quantitative estimate of drug-likeness (QED) is 0.707. The molecule has 3 rings (SSSR count). The van der Waals surface area contributed by atoms with E-state index in [0.29, 0.717) is 0 Å². The van der Waals surface area contributed by atoms with Gasteiger partial charge in [0, 0.05) is 5.92 Å². The van der Waals surface area contributed by atoms with Crippen LogP contribution in [0.4, 0.5) is 0 Å². The summed E-state index contributed by atoms with van der Waals surface area (Å²) in [4.78, 5) is 0. The van der Waals surface area contributed by atoms with E-state index < -0.39 is 0 Å². The van der Waals surface area contributed by atoms with Crippen LogP contribution in [-0.4, -0.2) is 10.2 Å². The van der Waals surface area contributed by atoms with Crippen molar-refractivity contribution in [2.24, 2.45) is 0 Å². The second kappa shape index (κ2) is 5.71. The number of hydrogen-bond donors (Lipinski definition) is 2. The molecule has 3 aromatic rings. The van der Waals surface area contributed by atoms with Gasteiger partial charge in [-0.25, -0.2) is 0 Å². The zero-order valence-corrected chi connectivity index (χ0v) is 11.4. The molecule has 0 saturated heterocycles. The van der Waals surface area contributed by atoms with Gasteiger partial charge < -0.3 is 10.2 Å². The van der Waals surface area contributed by atoms with Crippen molar-refractivity contribution in [2.75, 3.05) is 0 Å². The molecule has 0 amide bonds. The van der Waals surface area contributed by atoms with Crippen LogP contribution in [0.15, 0.2) is 72.8 Å². The van der Waals surface area contributed by atoms with E-state index >= 15 is 0 Å². The van der Waals surface area contributed by atoms with Crippen molar-refractivity contribution in [1.29, 1.82) is 0 Å². The van der Waals surface area contributed by atoms with Crippen molar-refractivity contribution < 1.29 is 10.2 Å². The van der Waals surface area contributed by atoms with Crippen LogP contribution < -0.4 is 0 Å². The average Bonchev–Trinajstić information content (AvgIpc) is 2.52. The smallest absolute Gasteiger partial charge is 0.115 e. The predicted octanol–water partition coefficient (Wildman–Crippen LogP) is 4.08. The summed E-state index contributed by atoms with van der Waals surface area (Å²) in [7, 11) is 0. The lowest BCUT2D eigenvalue weighted by atomic mass is 9.85. The molecule has 0 bridgehead atoms. The van der Waals surface area contributed by atoms with Gasteiger partial charge in [-0.3, -0.25) is 0 Å². The molecule has 0 spiro atoms. The summed E-state index contributed by atoms with van der Waals surface area (Å²) >= 11 is 0. The highest BCUT2D eigenvalue weighted by Crippen LogP contribution is 2.33. The number of aromatic hydroxyl groups is 2. The van der Waals surface area contributed by atoms with E-state index in [1.807, 2.05) is 48.5 Å². The largest absolute Gasteiger partial charge is 0.508 e. The summed E-state index contributed by atoms with van der Waals surface area (Å²) in [5, 5.41) is 19.0. The zero-order chi connectivity index (χ0) is 14.7. The Balaban J connectivity index is 2.11. The predicted molar refractivity (Wildman–Crippen MR) is 82.4 cm³/mol. The maximum absolute atomic E-state index is 9.48. The van der Waals surface area contributed by atoms with Crippen molar-refractivity contribution in [3.63, 3.8) is 0 Å². The number of benzene rings is 3. The maximum atomic E-state index is 9.48. The number of rotatable bonds is 3. The Hall–Kier alpha value is -2.74. The topological polar surface area (TPSA) is 40.5 Å². The SMILES string of the molecule is Oc1ccc(C(c2[c]cccc2)c2ccc(O)cc2)cc1. The number of phenolic OH excluding ortho intramolecular Hbond substituents is 2. The average molecular weight is 275 g/mol. The lowest BCUT2D eigenvalue weighted by Crippen LogP contribution is -2.03. The molecule has 2 heteroatoms. The number of hydrogen-bond acceptors (Lipinski definition) is 2. The molecular formula is C19H15O2. The highest BCUT2D eigenvalue weighted by atomic mass is 16.3. The van der Waals surface area contributed by atoms with E-state index in [4.69, 9.17) is 0 Å². The van der Waals surface area contributed by atoms with Crippen LogP contribution in [-0.2, 0) is 0 Å². The van der Waals surface area contributed by atoms with Gasteiger partial charge in [0.2, 0.25) is 0 Å². The van der Waals surface area contributed by atoms with Crippen LogP contribution in [0.1, 0.15) is 22.6 Å². The molecule has 2 nitrogen and oxygen atoms in total. The monoisotopic (exact) mass is 275 g/mol. The van der Waals surface area contributed by atoms with Crippen LogP contribution in [0.3, 0.4) is 0 Å². The Bertz CT molecular complexity index is 655. The Morgan fingerprint density at radius 3 is 1.62 bits per heavy atom. The minimum Gasteiger partial charge on any atom is -0.508 e. The molecule has 0 fully saturated rings. The first-order valence-electron chi connectivity index (χ1n) is 6.78. The molecular weight excluding hydrogens is 260 g/mol. The van der Waals surface area contributed by atoms with Gasteiger partial charge in [0.25, 0.3) is 0 Å². The van der Waals surface area contributed by atoms with Crippen molar-refractivity contribution >= 4 is 0 Å². The van der Waals surface area contributed by atoms with Gasteiger partial charge >= 0.3 is 0 Å². The van der Waals surface area contributed by atoms with E-state index in [0.717, 1.165) is 16.7 Å². The minimum atomic E-state index is 0.0207. The van der Waals surface area contributed by atoms with E-state index in [9.17, 15) is 10.2 Å². The molecule has 0 heterocycles. The maximum Gasteiger partial charge on any atom is 0.115 e. The first-order chi connectivity index (χ1) is 10.2. The molecule has 103 valence electrons. The Morgan fingerprint density at radius 2 is 1.19 bits per heavy atom. The minimum absolute atomic E-state index is 0.0207. The molecule has 0 aliphatic heterocycles. The van der Waals surface area contributed by atoms with Crippen LogP contribution in [0.25, 0.3) is 0 Å². The highest BCUT2D eigenvalue weighted by molar-refractivity contribution is 5.44. The van der Waals surface area contributed by atoms with Gasteiger partial charge in [0.05, 0.1) is 0 Å². The second-order valence-corrected chi connectivity index (χ2v) is 4.93. The first kappa shape index (κ1) is 13.3. The third-order valence-electron chi connectivity index (χ3n) is 3.50. The lowest BCUT2D eigenvalue weighted by molar-refractivity contribution is 0.475. The Kier molecular flexibility index (Phi) is 3.61. The summed E-state index contributed by atoms with van der Waals surface area (Å²) in [6.45, 7) is 0. The fourth-order valence-corrected chi connectivity index (χ4v) is 2.47. The molecule has 2 N–H and O–H groups in total. The van der Waals surface area contributed by atoms with Gasteiger partial charge in [0.1, 0.15) is 11.5 Å². The molecule has 1 radical (unpaired) electrons. The summed E-state index contributed by atoms with van der Waals surface area (Å²) in [6.07, 6.45) is 0. The molecule has 21 heavy (non-hydrogen) atoms. The summed E-state index contributed by atoms with van der Waals surface area (Å²) in [6, 6.07) is 25.5. The van der Waals surface area contributed by atoms with Crippen LogP contribution in [0, 0.1) is 6.07 Å².